The van der Waals surface area contributed by atoms with E-state index in [9.17, 15) is 13.2 Å². The van der Waals surface area contributed by atoms with Gasteiger partial charge in [0.2, 0.25) is 5.82 Å². The van der Waals surface area contributed by atoms with Gasteiger partial charge in [0.1, 0.15) is 17.4 Å². The maximum atomic E-state index is 13.4. The maximum absolute atomic E-state index is 13.4. The molecule has 0 aliphatic heterocycles. The van der Waals surface area contributed by atoms with Gasteiger partial charge < -0.3 is 10.5 Å². The minimum absolute atomic E-state index is 0.00261. The van der Waals surface area contributed by atoms with E-state index >= 15 is 0 Å². The van der Waals surface area contributed by atoms with Gasteiger partial charge in [0.05, 0.1) is 0 Å². The Hall–Kier alpha value is -2.08. The normalized spacial score (nSPS) is 10.3. The molecule has 2 aromatic rings. The van der Waals surface area contributed by atoms with Gasteiger partial charge in [-0.15, -0.1) is 0 Å². The van der Waals surface area contributed by atoms with Gasteiger partial charge in [0, 0.05) is 5.56 Å². The second kappa shape index (κ2) is 5.92. The van der Waals surface area contributed by atoms with Crippen molar-refractivity contribution < 1.29 is 17.9 Å². The molecule has 6 heteroatoms. The Morgan fingerprint density at radius 1 is 1.15 bits per heavy atom. The molecule has 0 amide bonds. The fourth-order valence-electron chi connectivity index (χ4n) is 1.65. The summed E-state index contributed by atoms with van der Waals surface area (Å²) < 4.78 is 44.7. The van der Waals surface area contributed by atoms with E-state index in [0.29, 0.717) is 11.1 Å². The summed E-state index contributed by atoms with van der Waals surface area (Å²) >= 11 is 4.81. The van der Waals surface area contributed by atoms with Gasteiger partial charge in [-0.25, -0.2) is 8.78 Å². The summed E-state index contributed by atoms with van der Waals surface area (Å²) in [6.45, 7) is -0.104. The molecule has 0 atom stereocenters. The molecule has 0 aliphatic carbocycles. The number of halogens is 3. The monoisotopic (exact) mass is 297 g/mol. The molecule has 2 aromatic carbocycles. The molecule has 0 radical (unpaired) electrons. The van der Waals surface area contributed by atoms with Crippen molar-refractivity contribution in [2.45, 2.75) is 6.61 Å². The molecule has 0 heterocycles. The average Bonchev–Trinajstić information content (AvgIpc) is 2.41. The van der Waals surface area contributed by atoms with Crippen molar-refractivity contribution >= 4 is 17.2 Å². The minimum Gasteiger partial charge on any atom is -0.486 e. The van der Waals surface area contributed by atoms with Gasteiger partial charge >= 0.3 is 0 Å². The lowest BCUT2D eigenvalue weighted by Crippen LogP contribution is -2.14. The van der Waals surface area contributed by atoms with Gasteiger partial charge in [-0.05, 0) is 29.8 Å². The molecule has 20 heavy (non-hydrogen) atoms. The molecule has 0 aromatic heterocycles. The third-order valence-corrected chi connectivity index (χ3v) is 2.86. The van der Waals surface area contributed by atoms with Gasteiger partial charge in [0.25, 0.3) is 0 Å². The van der Waals surface area contributed by atoms with Gasteiger partial charge in [0.15, 0.2) is 11.6 Å². The molecule has 2 rings (SSSR count). The molecule has 0 bridgehead atoms. The van der Waals surface area contributed by atoms with Crippen molar-refractivity contribution in [3.63, 3.8) is 0 Å². The van der Waals surface area contributed by atoms with E-state index < -0.39 is 17.5 Å². The second-order valence-corrected chi connectivity index (χ2v) is 4.45. The first-order chi connectivity index (χ1) is 9.49. The fourth-order valence-corrected chi connectivity index (χ4v) is 1.84. The van der Waals surface area contributed by atoms with Gasteiger partial charge in [-0.3, -0.25) is 0 Å². The van der Waals surface area contributed by atoms with Crippen LogP contribution in [0.3, 0.4) is 0 Å². The predicted octanol–water partition coefficient (Wildman–Crippen LogP) is 3.32. The zero-order valence-electron chi connectivity index (χ0n) is 10.2. The number of ether oxygens (including phenoxy) is 1. The summed E-state index contributed by atoms with van der Waals surface area (Å²) in [7, 11) is 0. The first-order valence-corrected chi connectivity index (χ1v) is 6.05. The van der Waals surface area contributed by atoms with E-state index in [0.717, 1.165) is 6.07 Å². The van der Waals surface area contributed by atoms with Crippen LogP contribution in [0.25, 0.3) is 0 Å². The van der Waals surface area contributed by atoms with Crippen LogP contribution in [0.4, 0.5) is 13.2 Å². The summed E-state index contributed by atoms with van der Waals surface area (Å²) in [5, 5.41) is 0. The van der Waals surface area contributed by atoms with Crippen molar-refractivity contribution in [2.75, 3.05) is 0 Å². The third kappa shape index (κ3) is 3.08. The molecule has 0 saturated carbocycles. The lowest BCUT2D eigenvalue weighted by molar-refractivity contribution is 0.284. The van der Waals surface area contributed by atoms with Crippen LogP contribution in [0.15, 0.2) is 36.4 Å². The number of thiocarbonyl (C=S) groups is 1. The van der Waals surface area contributed by atoms with Crippen LogP contribution < -0.4 is 10.5 Å². The summed E-state index contributed by atoms with van der Waals surface area (Å²) in [5.41, 5.74) is 6.27. The van der Waals surface area contributed by atoms with Crippen LogP contribution in [0.2, 0.25) is 0 Å². The molecular formula is C14H10F3NOS. The number of hydrogen-bond acceptors (Lipinski definition) is 2. The number of nitrogens with two attached hydrogens (primary N) is 1. The number of benzene rings is 2. The quantitative estimate of drug-likeness (QED) is 0.879. The minimum atomic E-state index is -1.08. The highest BCUT2D eigenvalue weighted by molar-refractivity contribution is 7.80. The third-order valence-electron chi connectivity index (χ3n) is 2.64. The van der Waals surface area contributed by atoms with E-state index in [1.54, 1.807) is 0 Å². The molecule has 0 saturated heterocycles. The smallest absolute Gasteiger partial charge is 0.200 e. The predicted molar refractivity (Wildman–Crippen MR) is 73.0 cm³/mol. The fraction of sp³-hybridized carbons (Fsp3) is 0.0714. The van der Waals surface area contributed by atoms with E-state index in [1.165, 1.54) is 30.3 Å². The average molecular weight is 297 g/mol. The van der Waals surface area contributed by atoms with Crippen LogP contribution in [0.5, 0.6) is 5.75 Å². The Morgan fingerprint density at radius 3 is 2.60 bits per heavy atom. The first-order valence-electron chi connectivity index (χ1n) is 5.64. The van der Waals surface area contributed by atoms with Crippen LogP contribution in [-0.2, 0) is 6.61 Å². The Bertz CT molecular complexity index is 661. The second-order valence-electron chi connectivity index (χ2n) is 4.01. The molecule has 2 nitrogen and oxygen atoms in total. The molecule has 0 spiro atoms. The largest absolute Gasteiger partial charge is 0.486 e. The van der Waals surface area contributed by atoms with E-state index in [4.69, 9.17) is 22.7 Å². The SMILES string of the molecule is NC(=S)c1cc(F)ccc1COc1cccc(F)c1F. The van der Waals surface area contributed by atoms with Crippen LogP contribution in [0.1, 0.15) is 11.1 Å². The van der Waals surface area contributed by atoms with Crippen LogP contribution in [-0.4, -0.2) is 4.99 Å². The van der Waals surface area contributed by atoms with Gasteiger partial charge in [-0.2, -0.15) is 4.39 Å². The Labute approximate surface area is 119 Å². The molecule has 104 valence electrons. The van der Waals surface area contributed by atoms with Crippen LogP contribution in [0, 0.1) is 17.5 Å². The Morgan fingerprint density at radius 2 is 1.90 bits per heavy atom. The molecule has 0 fully saturated rings. The molecule has 2 N–H and O–H groups in total. The van der Waals surface area contributed by atoms with Crippen molar-refractivity contribution in [3.05, 3.63) is 65.0 Å². The first kappa shape index (κ1) is 14.3. The van der Waals surface area contributed by atoms with Gasteiger partial charge in [-0.1, -0.05) is 24.4 Å². The summed E-state index contributed by atoms with van der Waals surface area (Å²) in [6.07, 6.45) is 0. The summed E-state index contributed by atoms with van der Waals surface area (Å²) in [4.78, 5) is 0.00261. The number of rotatable bonds is 4. The standard InChI is InChI=1S/C14H10F3NOS/c15-9-5-4-8(10(6-9)14(18)20)7-19-12-3-1-2-11(16)13(12)17/h1-6H,7H2,(H2,18,20). The zero-order chi connectivity index (χ0) is 14.7. The molecular weight excluding hydrogens is 287 g/mol. The lowest BCUT2D eigenvalue weighted by Gasteiger charge is -2.11. The van der Waals surface area contributed by atoms with Crippen molar-refractivity contribution in [3.8, 4) is 5.75 Å². The molecule has 0 aliphatic rings. The molecule has 0 unspecified atom stereocenters. The maximum Gasteiger partial charge on any atom is 0.200 e. The van der Waals surface area contributed by atoms with Crippen molar-refractivity contribution in [1.29, 1.82) is 0 Å². The Balaban J connectivity index is 2.23. The van der Waals surface area contributed by atoms with Crippen molar-refractivity contribution in [2.24, 2.45) is 5.73 Å². The highest BCUT2D eigenvalue weighted by Gasteiger charge is 2.11. The topological polar surface area (TPSA) is 35.2 Å². The van der Waals surface area contributed by atoms with E-state index in [-0.39, 0.29) is 17.3 Å². The lowest BCUT2D eigenvalue weighted by atomic mass is 10.1. The van der Waals surface area contributed by atoms with Crippen LogP contribution >= 0.6 is 12.2 Å². The highest BCUT2D eigenvalue weighted by atomic mass is 32.1. The Kier molecular flexibility index (Phi) is 4.24. The van der Waals surface area contributed by atoms with E-state index in [1.807, 2.05) is 0 Å². The van der Waals surface area contributed by atoms with E-state index in [2.05, 4.69) is 0 Å². The zero-order valence-corrected chi connectivity index (χ0v) is 11.0. The summed E-state index contributed by atoms with van der Waals surface area (Å²) in [6, 6.07) is 7.42. The highest BCUT2D eigenvalue weighted by Crippen LogP contribution is 2.21. The van der Waals surface area contributed by atoms with Crippen molar-refractivity contribution in [1.82, 2.24) is 0 Å². The summed E-state index contributed by atoms with van der Waals surface area (Å²) in [5.74, 6) is -2.81. The number of hydrogen-bond donors (Lipinski definition) is 1.